The number of hydrogen-bond acceptors (Lipinski definition) is 5. The van der Waals surface area contributed by atoms with Crippen LogP contribution in [0, 0.1) is 6.92 Å². The van der Waals surface area contributed by atoms with Crippen molar-refractivity contribution in [2.45, 2.75) is 6.92 Å². The number of hydrogen-bond donors (Lipinski definition) is 1. The fourth-order valence-corrected chi connectivity index (χ4v) is 3.12. The summed E-state index contributed by atoms with van der Waals surface area (Å²) in [5, 5.41) is 3.02. The Morgan fingerprint density at radius 3 is 3.00 bits per heavy atom. The summed E-state index contributed by atoms with van der Waals surface area (Å²) in [6.45, 7) is 1.96. The number of rotatable bonds is 1. The second kappa shape index (κ2) is 3.50. The van der Waals surface area contributed by atoms with Crippen LogP contribution in [0.2, 0.25) is 0 Å². The molecule has 0 aromatic carbocycles. The van der Waals surface area contributed by atoms with Crippen LogP contribution in [-0.2, 0) is 0 Å². The van der Waals surface area contributed by atoms with E-state index in [0.29, 0.717) is 4.70 Å². The number of H-pyrrole nitrogens is 1. The van der Waals surface area contributed by atoms with Gasteiger partial charge in [0.05, 0.1) is 27.4 Å². The summed E-state index contributed by atoms with van der Waals surface area (Å²) in [6.07, 6.45) is 1.42. The van der Waals surface area contributed by atoms with Crippen molar-refractivity contribution in [3.8, 4) is 10.6 Å². The molecule has 3 aromatic rings. The monoisotopic (exact) mass is 249 g/mol. The van der Waals surface area contributed by atoms with Gasteiger partial charge in [-0.1, -0.05) is 0 Å². The van der Waals surface area contributed by atoms with Gasteiger partial charge in [0.25, 0.3) is 5.56 Å². The van der Waals surface area contributed by atoms with E-state index in [1.165, 1.54) is 17.7 Å². The summed E-state index contributed by atoms with van der Waals surface area (Å²) in [7, 11) is 0. The molecule has 0 aliphatic carbocycles. The van der Waals surface area contributed by atoms with Gasteiger partial charge in [-0.2, -0.15) is 0 Å². The first-order valence-electron chi connectivity index (χ1n) is 4.64. The molecule has 80 valence electrons. The molecule has 0 spiro atoms. The molecule has 4 nitrogen and oxygen atoms in total. The zero-order chi connectivity index (χ0) is 11.1. The second-order valence-corrected chi connectivity index (χ2v) is 5.42. The molecule has 16 heavy (non-hydrogen) atoms. The highest BCUT2D eigenvalue weighted by molar-refractivity contribution is 7.22. The smallest absolute Gasteiger partial charge is 0.268 e. The number of aromatic nitrogens is 3. The molecule has 0 saturated heterocycles. The molecule has 0 aliphatic rings. The van der Waals surface area contributed by atoms with Crippen molar-refractivity contribution in [3.63, 3.8) is 0 Å². The topological polar surface area (TPSA) is 58.6 Å². The molecule has 0 radical (unpaired) electrons. The highest BCUT2D eigenvalue weighted by Gasteiger charge is 2.09. The van der Waals surface area contributed by atoms with E-state index in [9.17, 15) is 4.79 Å². The number of aromatic amines is 1. The van der Waals surface area contributed by atoms with Crippen molar-refractivity contribution in [2.24, 2.45) is 0 Å². The van der Waals surface area contributed by atoms with Crippen molar-refractivity contribution in [3.05, 3.63) is 33.1 Å². The van der Waals surface area contributed by atoms with Crippen LogP contribution in [0.5, 0.6) is 0 Å². The zero-order valence-corrected chi connectivity index (χ0v) is 9.98. The Morgan fingerprint density at radius 2 is 2.31 bits per heavy atom. The molecule has 0 saturated carbocycles. The maximum atomic E-state index is 11.5. The molecule has 6 heteroatoms. The predicted octanol–water partition coefficient (Wildman–Crippen LogP) is 2.42. The third-order valence-electron chi connectivity index (χ3n) is 2.19. The van der Waals surface area contributed by atoms with Gasteiger partial charge in [-0.05, 0) is 13.0 Å². The first-order chi connectivity index (χ1) is 7.74. The standard InChI is InChI=1S/C10H7N3OS2/c1-5-13-7(3-15-5)8-2-6-9(16-8)10(14)12-4-11-6/h2-4H,1H3,(H,11,12,14). The molecule has 0 atom stereocenters. The highest BCUT2D eigenvalue weighted by atomic mass is 32.1. The lowest BCUT2D eigenvalue weighted by atomic mass is 10.3. The van der Waals surface area contributed by atoms with E-state index in [-0.39, 0.29) is 5.56 Å². The number of aryl methyl sites for hydroxylation is 1. The number of thiophene rings is 1. The first-order valence-corrected chi connectivity index (χ1v) is 6.33. The fraction of sp³-hybridized carbons (Fsp3) is 0.100. The van der Waals surface area contributed by atoms with Gasteiger partial charge in [0.2, 0.25) is 0 Å². The summed E-state index contributed by atoms with van der Waals surface area (Å²) in [6, 6.07) is 1.91. The minimum Gasteiger partial charge on any atom is -0.312 e. The molecule has 0 bridgehead atoms. The van der Waals surface area contributed by atoms with Gasteiger partial charge in [-0.3, -0.25) is 4.79 Å². The Kier molecular flexibility index (Phi) is 2.12. The van der Waals surface area contributed by atoms with E-state index < -0.39 is 0 Å². The van der Waals surface area contributed by atoms with Crippen LogP contribution in [-0.4, -0.2) is 15.0 Å². The van der Waals surface area contributed by atoms with Crippen molar-refractivity contribution >= 4 is 32.9 Å². The molecule has 0 amide bonds. The molecule has 0 unspecified atom stereocenters. The lowest BCUT2D eigenvalue weighted by Crippen LogP contribution is -2.02. The van der Waals surface area contributed by atoms with E-state index in [1.54, 1.807) is 11.3 Å². The number of nitrogens with one attached hydrogen (secondary N) is 1. The normalized spacial score (nSPS) is 11.1. The van der Waals surface area contributed by atoms with Crippen molar-refractivity contribution in [1.82, 2.24) is 15.0 Å². The van der Waals surface area contributed by atoms with Gasteiger partial charge in [-0.15, -0.1) is 22.7 Å². The van der Waals surface area contributed by atoms with Crippen LogP contribution in [0.15, 0.2) is 22.6 Å². The van der Waals surface area contributed by atoms with Crippen LogP contribution in [0.4, 0.5) is 0 Å². The Labute approximate surface area is 98.6 Å². The SMILES string of the molecule is Cc1nc(-c2cc3nc[nH]c(=O)c3s2)cs1. The van der Waals surface area contributed by atoms with Crippen LogP contribution in [0.1, 0.15) is 5.01 Å². The van der Waals surface area contributed by atoms with Gasteiger partial charge in [0.1, 0.15) is 4.70 Å². The van der Waals surface area contributed by atoms with Crippen molar-refractivity contribution < 1.29 is 0 Å². The first kappa shape index (κ1) is 9.68. The average molecular weight is 249 g/mol. The maximum absolute atomic E-state index is 11.5. The summed E-state index contributed by atoms with van der Waals surface area (Å²) >= 11 is 3.03. The lowest BCUT2D eigenvalue weighted by molar-refractivity contribution is 1.18. The number of thiazole rings is 1. The molecule has 3 heterocycles. The quantitative estimate of drug-likeness (QED) is 0.720. The van der Waals surface area contributed by atoms with Crippen LogP contribution in [0.25, 0.3) is 20.8 Å². The maximum Gasteiger partial charge on any atom is 0.268 e. The summed E-state index contributed by atoms with van der Waals surface area (Å²) in [4.78, 5) is 23.6. The Balaban J connectivity index is 2.26. The number of nitrogens with zero attached hydrogens (tertiary/aromatic N) is 2. The molecule has 3 rings (SSSR count). The molecular formula is C10H7N3OS2. The van der Waals surface area contributed by atoms with Gasteiger partial charge >= 0.3 is 0 Å². The van der Waals surface area contributed by atoms with Gasteiger partial charge < -0.3 is 4.98 Å². The van der Waals surface area contributed by atoms with Gasteiger partial charge in [-0.25, -0.2) is 9.97 Å². The second-order valence-electron chi connectivity index (χ2n) is 3.31. The molecule has 3 aromatic heterocycles. The van der Waals surface area contributed by atoms with Crippen LogP contribution >= 0.6 is 22.7 Å². The van der Waals surface area contributed by atoms with Crippen LogP contribution in [0.3, 0.4) is 0 Å². The minimum absolute atomic E-state index is 0.0896. The molecule has 0 aliphatic heterocycles. The van der Waals surface area contributed by atoms with Crippen molar-refractivity contribution in [1.29, 1.82) is 0 Å². The third-order valence-corrected chi connectivity index (χ3v) is 4.11. The van der Waals surface area contributed by atoms with E-state index in [4.69, 9.17) is 0 Å². The summed E-state index contributed by atoms with van der Waals surface area (Å²) < 4.78 is 0.656. The van der Waals surface area contributed by atoms with Gasteiger partial charge in [0, 0.05) is 5.38 Å². The number of fused-ring (bicyclic) bond motifs is 1. The minimum atomic E-state index is -0.0896. The van der Waals surface area contributed by atoms with E-state index in [1.807, 2.05) is 18.4 Å². The fourth-order valence-electron chi connectivity index (χ4n) is 1.47. The van der Waals surface area contributed by atoms with Gasteiger partial charge in [0.15, 0.2) is 0 Å². The zero-order valence-electron chi connectivity index (χ0n) is 8.35. The van der Waals surface area contributed by atoms with E-state index in [0.717, 1.165) is 21.1 Å². The molecular weight excluding hydrogens is 242 g/mol. The third kappa shape index (κ3) is 1.46. The molecule has 1 N–H and O–H groups in total. The average Bonchev–Trinajstić information content (AvgIpc) is 2.84. The van der Waals surface area contributed by atoms with E-state index >= 15 is 0 Å². The summed E-state index contributed by atoms with van der Waals surface area (Å²) in [5.74, 6) is 0. The molecule has 0 fully saturated rings. The summed E-state index contributed by atoms with van der Waals surface area (Å²) in [5.41, 5.74) is 1.56. The predicted molar refractivity (Wildman–Crippen MR) is 66.1 cm³/mol. The Bertz CT molecular complexity index is 710. The van der Waals surface area contributed by atoms with Crippen LogP contribution < -0.4 is 5.56 Å². The lowest BCUT2D eigenvalue weighted by Gasteiger charge is -1.85. The van der Waals surface area contributed by atoms with Crippen molar-refractivity contribution in [2.75, 3.05) is 0 Å². The Hall–Kier alpha value is -1.53. The Morgan fingerprint density at radius 1 is 1.44 bits per heavy atom. The largest absolute Gasteiger partial charge is 0.312 e. The highest BCUT2D eigenvalue weighted by Crippen LogP contribution is 2.30. The van der Waals surface area contributed by atoms with E-state index in [2.05, 4.69) is 15.0 Å².